The summed E-state index contributed by atoms with van der Waals surface area (Å²) in [5.74, 6) is 0.749. The molecule has 0 aliphatic rings. The van der Waals surface area contributed by atoms with Crippen LogP contribution in [0, 0.1) is 0 Å². The van der Waals surface area contributed by atoms with E-state index in [-0.39, 0.29) is 5.91 Å². The number of aromatic nitrogens is 2. The molecular formula is C24H27N3O2. The Labute approximate surface area is 172 Å². The number of para-hydroxylation sites is 1. The summed E-state index contributed by atoms with van der Waals surface area (Å²) in [4.78, 5) is 14.2. The number of ether oxygens (including phenoxy) is 1. The average molecular weight is 389 g/mol. The molecular weight excluding hydrogens is 362 g/mol. The van der Waals surface area contributed by atoms with Crippen molar-refractivity contribution in [3.05, 3.63) is 78.0 Å². The molecule has 0 spiro atoms. The standard InChI is InChI=1S/C24H27N3O2/c1-4-26(5-2)23(28)16-15-20-18-27(17-19-11-7-6-8-12-19)25-24(20)21-13-9-10-14-22(21)29-3/h6-16,18H,4-5,17H2,1-3H3. The third-order valence-corrected chi connectivity index (χ3v) is 4.82. The van der Waals surface area contributed by atoms with Crippen molar-refractivity contribution in [2.45, 2.75) is 20.4 Å². The highest BCUT2D eigenvalue weighted by Crippen LogP contribution is 2.31. The van der Waals surface area contributed by atoms with Gasteiger partial charge in [0.25, 0.3) is 0 Å². The van der Waals surface area contributed by atoms with Crippen molar-refractivity contribution in [2.75, 3.05) is 20.2 Å². The first kappa shape index (κ1) is 20.4. The number of carbonyl (C=O) groups excluding carboxylic acids is 1. The Morgan fingerprint density at radius 1 is 1.07 bits per heavy atom. The monoisotopic (exact) mass is 389 g/mol. The summed E-state index contributed by atoms with van der Waals surface area (Å²) in [6.07, 6.45) is 5.44. The van der Waals surface area contributed by atoms with Crippen LogP contribution in [0.25, 0.3) is 17.3 Å². The van der Waals surface area contributed by atoms with E-state index in [1.54, 1.807) is 18.1 Å². The van der Waals surface area contributed by atoms with Crippen LogP contribution in [0.2, 0.25) is 0 Å². The largest absolute Gasteiger partial charge is 0.496 e. The maximum absolute atomic E-state index is 12.4. The first-order chi connectivity index (χ1) is 14.2. The van der Waals surface area contributed by atoms with E-state index in [4.69, 9.17) is 9.84 Å². The molecule has 0 bridgehead atoms. The molecule has 29 heavy (non-hydrogen) atoms. The number of hydrogen-bond acceptors (Lipinski definition) is 3. The molecule has 0 unspecified atom stereocenters. The lowest BCUT2D eigenvalue weighted by atomic mass is 10.1. The normalized spacial score (nSPS) is 11.0. The molecule has 0 atom stereocenters. The molecule has 1 heterocycles. The first-order valence-corrected chi connectivity index (χ1v) is 9.88. The van der Waals surface area contributed by atoms with Gasteiger partial charge in [-0.3, -0.25) is 9.48 Å². The Hall–Kier alpha value is -3.34. The molecule has 0 radical (unpaired) electrons. The highest BCUT2D eigenvalue weighted by Gasteiger charge is 2.14. The topological polar surface area (TPSA) is 47.4 Å². The van der Waals surface area contributed by atoms with Gasteiger partial charge in [-0.15, -0.1) is 0 Å². The van der Waals surface area contributed by atoms with Gasteiger partial charge in [0.1, 0.15) is 11.4 Å². The van der Waals surface area contributed by atoms with E-state index in [0.717, 1.165) is 28.1 Å². The van der Waals surface area contributed by atoms with Gasteiger partial charge in [0.05, 0.1) is 13.7 Å². The molecule has 0 aliphatic heterocycles. The number of hydrogen-bond donors (Lipinski definition) is 0. The summed E-state index contributed by atoms with van der Waals surface area (Å²) in [5, 5.41) is 4.81. The van der Waals surface area contributed by atoms with Crippen LogP contribution in [-0.4, -0.2) is 40.8 Å². The van der Waals surface area contributed by atoms with Crippen LogP contribution in [0.4, 0.5) is 0 Å². The lowest BCUT2D eigenvalue weighted by molar-refractivity contribution is -0.125. The molecule has 0 N–H and O–H groups in total. The van der Waals surface area contributed by atoms with E-state index in [1.165, 1.54) is 0 Å². The Bertz CT molecular complexity index is 973. The molecule has 150 valence electrons. The van der Waals surface area contributed by atoms with E-state index < -0.39 is 0 Å². The Morgan fingerprint density at radius 2 is 1.76 bits per heavy atom. The van der Waals surface area contributed by atoms with Crippen LogP contribution in [0.3, 0.4) is 0 Å². The second kappa shape index (κ2) is 9.73. The third kappa shape index (κ3) is 4.93. The zero-order valence-electron chi connectivity index (χ0n) is 17.2. The fourth-order valence-corrected chi connectivity index (χ4v) is 3.26. The van der Waals surface area contributed by atoms with Gasteiger partial charge < -0.3 is 9.64 Å². The number of likely N-dealkylation sites (N-methyl/N-ethyl adjacent to an activating group) is 1. The van der Waals surface area contributed by atoms with Crippen LogP contribution in [-0.2, 0) is 11.3 Å². The fraction of sp³-hybridized carbons (Fsp3) is 0.250. The van der Waals surface area contributed by atoms with Gasteiger partial charge in [-0.1, -0.05) is 42.5 Å². The lowest BCUT2D eigenvalue weighted by Crippen LogP contribution is -2.28. The number of benzene rings is 2. The average Bonchev–Trinajstić information content (AvgIpc) is 3.16. The summed E-state index contributed by atoms with van der Waals surface area (Å²) in [7, 11) is 1.65. The predicted molar refractivity (Wildman–Crippen MR) is 117 cm³/mol. The van der Waals surface area contributed by atoms with Gasteiger partial charge in [0.2, 0.25) is 5.91 Å². The Balaban J connectivity index is 1.99. The third-order valence-electron chi connectivity index (χ3n) is 4.82. The second-order valence-corrected chi connectivity index (χ2v) is 6.66. The zero-order valence-corrected chi connectivity index (χ0v) is 17.2. The number of nitrogens with zero attached hydrogens (tertiary/aromatic N) is 3. The number of amides is 1. The molecule has 5 heteroatoms. The van der Waals surface area contributed by atoms with E-state index >= 15 is 0 Å². The van der Waals surface area contributed by atoms with Gasteiger partial charge in [-0.2, -0.15) is 5.10 Å². The number of rotatable bonds is 8. The van der Waals surface area contributed by atoms with Gasteiger partial charge in [0, 0.05) is 36.5 Å². The van der Waals surface area contributed by atoms with Crippen molar-refractivity contribution < 1.29 is 9.53 Å². The maximum Gasteiger partial charge on any atom is 0.246 e. The van der Waals surface area contributed by atoms with E-state index in [1.807, 2.05) is 73.3 Å². The van der Waals surface area contributed by atoms with Crippen molar-refractivity contribution in [3.63, 3.8) is 0 Å². The van der Waals surface area contributed by atoms with Crippen molar-refractivity contribution in [1.82, 2.24) is 14.7 Å². The van der Waals surface area contributed by atoms with Crippen LogP contribution in [0.5, 0.6) is 5.75 Å². The highest BCUT2D eigenvalue weighted by molar-refractivity contribution is 5.93. The minimum absolute atomic E-state index is 0.00298. The Kier molecular flexibility index (Phi) is 6.85. The minimum atomic E-state index is -0.00298. The van der Waals surface area contributed by atoms with Crippen molar-refractivity contribution in [2.24, 2.45) is 0 Å². The number of carbonyl (C=O) groups is 1. The molecule has 3 rings (SSSR count). The minimum Gasteiger partial charge on any atom is -0.496 e. The Morgan fingerprint density at radius 3 is 2.45 bits per heavy atom. The second-order valence-electron chi connectivity index (χ2n) is 6.66. The first-order valence-electron chi connectivity index (χ1n) is 9.88. The quantitative estimate of drug-likeness (QED) is 0.534. The van der Waals surface area contributed by atoms with E-state index in [2.05, 4.69) is 12.1 Å². The maximum atomic E-state index is 12.4. The zero-order chi connectivity index (χ0) is 20.6. The molecule has 5 nitrogen and oxygen atoms in total. The molecule has 0 aliphatic carbocycles. The van der Waals surface area contributed by atoms with Crippen LogP contribution < -0.4 is 4.74 Å². The van der Waals surface area contributed by atoms with Gasteiger partial charge in [0.15, 0.2) is 0 Å². The smallest absolute Gasteiger partial charge is 0.246 e. The van der Waals surface area contributed by atoms with Gasteiger partial charge in [-0.25, -0.2) is 0 Å². The summed E-state index contributed by atoms with van der Waals surface area (Å²) >= 11 is 0. The van der Waals surface area contributed by atoms with Crippen molar-refractivity contribution in [1.29, 1.82) is 0 Å². The fourth-order valence-electron chi connectivity index (χ4n) is 3.26. The summed E-state index contributed by atoms with van der Waals surface area (Å²) in [5.41, 5.74) is 3.74. The SMILES string of the molecule is CCN(CC)C(=O)C=Cc1cn(Cc2ccccc2)nc1-c1ccccc1OC. The molecule has 0 saturated heterocycles. The predicted octanol–water partition coefficient (Wildman–Crippen LogP) is 4.49. The number of methoxy groups -OCH3 is 1. The van der Waals surface area contributed by atoms with Crippen LogP contribution >= 0.6 is 0 Å². The summed E-state index contributed by atoms with van der Waals surface area (Å²) < 4.78 is 7.43. The van der Waals surface area contributed by atoms with Crippen molar-refractivity contribution >= 4 is 12.0 Å². The summed E-state index contributed by atoms with van der Waals surface area (Å²) in [6, 6.07) is 18.0. The van der Waals surface area contributed by atoms with Gasteiger partial charge >= 0.3 is 0 Å². The molecule has 1 aromatic heterocycles. The van der Waals surface area contributed by atoms with Crippen LogP contribution in [0.15, 0.2) is 66.9 Å². The molecule has 2 aromatic carbocycles. The van der Waals surface area contributed by atoms with Crippen LogP contribution in [0.1, 0.15) is 25.0 Å². The van der Waals surface area contributed by atoms with E-state index in [0.29, 0.717) is 19.6 Å². The summed E-state index contributed by atoms with van der Waals surface area (Å²) in [6.45, 7) is 5.99. The molecule has 1 amide bonds. The van der Waals surface area contributed by atoms with E-state index in [9.17, 15) is 4.79 Å². The molecule has 0 saturated carbocycles. The molecule has 0 fully saturated rings. The van der Waals surface area contributed by atoms with Gasteiger partial charge in [-0.05, 0) is 37.6 Å². The molecule has 3 aromatic rings. The van der Waals surface area contributed by atoms with Crippen molar-refractivity contribution in [3.8, 4) is 17.0 Å². The lowest BCUT2D eigenvalue weighted by Gasteiger charge is -2.15. The highest BCUT2D eigenvalue weighted by atomic mass is 16.5.